The maximum atomic E-state index is 13.8. The number of pyridine rings is 1. The van der Waals surface area contributed by atoms with E-state index in [0.29, 0.717) is 37.2 Å². The third-order valence-electron chi connectivity index (χ3n) is 7.22. The zero-order chi connectivity index (χ0) is 27.1. The van der Waals surface area contributed by atoms with Crippen LogP contribution in [0, 0.1) is 40.8 Å². The summed E-state index contributed by atoms with van der Waals surface area (Å²) in [6, 6.07) is 13.6. The number of nitrogens with zero attached hydrogens (tertiary/aromatic N) is 3. The number of carbonyl (C=O) groups is 1. The summed E-state index contributed by atoms with van der Waals surface area (Å²) < 4.78 is 19.1. The molecule has 0 saturated carbocycles. The van der Waals surface area contributed by atoms with Crippen molar-refractivity contribution in [1.82, 2.24) is 9.88 Å². The van der Waals surface area contributed by atoms with E-state index in [1.807, 2.05) is 30.3 Å². The van der Waals surface area contributed by atoms with Gasteiger partial charge in [0.25, 0.3) is 0 Å². The Hall–Kier alpha value is -3.98. The summed E-state index contributed by atoms with van der Waals surface area (Å²) in [5.41, 5.74) is 1.84. The van der Waals surface area contributed by atoms with Crippen LogP contribution in [0.4, 0.5) is 4.39 Å². The van der Waals surface area contributed by atoms with Crippen LogP contribution in [-0.2, 0) is 4.79 Å². The monoisotopic (exact) mass is 515 g/mol. The first-order valence-electron chi connectivity index (χ1n) is 12.6. The molecule has 0 aliphatic carbocycles. The first-order chi connectivity index (χ1) is 18.4. The topological polar surface area (TPSA) is 107 Å². The van der Waals surface area contributed by atoms with Gasteiger partial charge in [0.2, 0.25) is 0 Å². The fourth-order valence-electron chi connectivity index (χ4n) is 5.22. The van der Waals surface area contributed by atoms with Crippen molar-refractivity contribution in [2.45, 2.75) is 31.8 Å². The summed E-state index contributed by atoms with van der Waals surface area (Å²) in [7, 11) is 1.60. The number of halogens is 1. The minimum atomic E-state index is -0.848. The molecular formula is C30H30FN3O4. The lowest BCUT2D eigenvalue weighted by atomic mass is 9.79. The summed E-state index contributed by atoms with van der Waals surface area (Å²) >= 11 is 0. The molecule has 1 aliphatic rings. The minimum Gasteiger partial charge on any atom is -0.497 e. The largest absolute Gasteiger partial charge is 0.497 e. The Bertz CT molecular complexity index is 1410. The molecule has 0 radical (unpaired) electrons. The van der Waals surface area contributed by atoms with Gasteiger partial charge in [0.1, 0.15) is 23.2 Å². The predicted molar refractivity (Wildman–Crippen MR) is 141 cm³/mol. The highest BCUT2D eigenvalue weighted by molar-refractivity contribution is 5.83. The maximum Gasteiger partial charge on any atom is 0.303 e. The number of piperidine rings is 1. The lowest BCUT2D eigenvalue weighted by Gasteiger charge is -2.37. The standard InChI is InChI=1S/C30H30FN3O4/c1-38-23-8-9-28-25(17-23)24(11-13-33-28)29(35)10-7-20-12-15-34(19-22(20)16-30(36)37)14-3-5-21-4-2-6-27(31)26(21)18-32/h2,4,6,8-9,11,13,17,20,22,29,35H,7,10,12,14-16,19H2,1H3,(H,36,37)/t20-,22+,29+/m1/s1. The first-order valence-corrected chi connectivity index (χ1v) is 12.6. The molecule has 2 heterocycles. The van der Waals surface area contributed by atoms with Crippen LogP contribution in [0.3, 0.4) is 0 Å². The summed E-state index contributed by atoms with van der Waals surface area (Å²) in [5.74, 6) is 5.22. The summed E-state index contributed by atoms with van der Waals surface area (Å²) in [6.07, 6.45) is 3.02. The Morgan fingerprint density at radius 3 is 2.89 bits per heavy atom. The summed E-state index contributed by atoms with van der Waals surface area (Å²) in [6.45, 7) is 1.72. The molecule has 1 fully saturated rings. The number of hydrogen-bond donors (Lipinski definition) is 2. The average Bonchev–Trinajstić information content (AvgIpc) is 2.91. The lowest BCUT2D eigenvalue weighted by Crippen LogP contribution is -2.41. The van der Waals surface area contributed by atoms with Crippen molar-refractivity contribution >= 4 is 16.9 Å². The zero-order valence-electron chi connectivity index (χ0n) is 21.2. The van der Waals surface area contributed by atoms with E-state index in [-0.39, 0.29) is 23.8 Å². The van der Waals surface area contributed by atoms with Crippen LogP contribution in [0.2, 0.25) is 0 Å². The maximum absolute atomic E-state index is 13.8. The number of likely N-dealkylation sites (tertiary alicyclic amines) is 1. The second-order valence-corrected chi connectivity index (χ2v) is 9.59. The molecule has 0 unspecified atom stereocenters. The number of aliphatic hydroxyl groups is 1. The van der Waals surface area contributed by atoms with Gasteiger partial charge in [-0.1, -0.05) is 17.9 Å². The van der Waals surface area contributed by atoms with Gasteiger partial charge in [0, 0.05) is 30.1 Å². The highest BCUT2D eigenvalue weighted by atomic mass is 19.1. The molecule has 0 bridgehead atoms. The van der Waals surface area contributed by atoms with Crippen LogP contribution in [0.5, 0.6) is 5.75 Å². The number of nitriles is 1. The number of carboxylic acid groups (broad SMARTS) is 1. The molecule has 3 atom stereocenters. The Balaban J connectivity index is 1.40. The zero-order valence-corrected chi connectivity index (χ0v) is 21.2. The Labute approximate surface area is 221 Å². The van der Waals surface area contributed by atoms with E-state index < -0.39 is 17.9 Å². The molecule has 1 aromatic heterocycles. The third kappa shape index (κ3) is 6.47. The quantitative estimate of drug-likeness (QED) is 0.425. The van der Waals surface area contributed by atoms with E-state index in [2.05, 4.69) is 21.7 Å². The molecule has 1 aliphatic heterocycles. The number of aromatic nitrogens is 1. The van der Waals surface area contributed by atoms with Gasteiger partial charge in [-0.2, -0.15) is 5.26 Å². The highest BCUT2D eigenvalue weighted by Crippen LogP contribution is 2.34. The molecule has 7 nitrogen and oxygen atoms in total. The number of methoxy groups -OCH3 is 1. The highest BCUT2D eigenvalue weighted by Gasteiger charge is 2.31. The van der Waals surface area contributed by atoms with Crippen molar-refractivity contribution < 1.29 is 24.1 Å². The number of ether oxygens (including phenoxy) is 1. The molecule has 3 aromatic rings. The summed E-state index contributed by atoms with van der Waals surface area (Å²) in [4.78, 5) is 18.1. The molecule has 2 aromatic carbocycles. The van der Waals surface area contributed by atoms with E-state index in [9.17, 15) is 24.7 Å². The molecule has 0 amide bonds. The van der Waals surface area contributed by atoms with E-state index in [1.165, 1.54) is 12.1 Å². The van der Waals surface area contributed by atoms with Crippen molar-refractivity contribution in [2.75, 3.05) is 26.7 Å². The number of hydrogen-bond acceptors (Lipinski definition) is 6. The number of aliphatic hydroxyl groups excluding tert-OH is 1. The van der Waals surface area contributed by atoms with Crippen molar-refractivity contribution in [3.8, 4) is 23.7 Å². The number of carboxylic acids is 1. The average molecular weight is 516 g/mol. The van der Waals surface area contributed by atoms with Gasteiger partial charge in [0.15, 0.2) is 0 Å². The van der Waals surface area contributed by atoms with Crippen LogP contribution in [0.25, 0.3) is 10.9 Å². The molecule has 2 N–H and O–H groups in total. The number of benzene rings is 2. The normalized spacial score (nSPS) is 18.3. The van der Waals surface area contributed by atoms with Gasteiger partial charge in [0.05, 0.1) is 25.3 Å². The van der Waals surface area contributed by atoms with Gasteiger partial charge < -0.3 is 14.9 Å². The summed E-state index contributed by atoms with van der Waals surface area (Å²) in [5, 5.41) is 30.6. The fraction of sp³-hybridized carbons (Fsp3) is 0.367. The van der Waals surface area contributed by atoms with Crippen molar-refractivity contribution in [1.29, 1.82) is 5.26 Å². The van der Waals surface area contributed by atoms with Crippen LogP contribution in [-0.4, -0.2) is 52.8 Å². The molecule has 0 spiro atoms. The number of rotatable bonds is 8. The lowest BCUT2D eigenvalue weighted by molar-refractivity contribution is -0.139. The van der Waals surface area contributed by atoms with Gasteiger partial charge in [-0.15, -0.1) is 0 Å². The van der Waals surface area contributed by atoms with Crippen LogP contribution in [0.15, 0.2) is 48.7 Å². The Morgan fingerprint density at radius 2 is 2.13 bits per heavy atom. The molecule has 8 heteroatoms. The van der Waals surface area contributed by atoms with Crippen LogP contribution >= 0.6 is 0 Å². The SMILES string of the molecule is COc1ccc2nccc([C@@H](O)CC[C@@H]3CCN(CC#Cc4cccc(F)c4C#N)C[C@@H]3CC(=O)O)c2c1. The van der Waals surface area contributed by atoms with Crippen molar-refractivity contribution in [3.63, 3.8) is 0 Å². The van der Waals surface area contributed by atoms with E-state index >= 15 is 0 Å². The molecule has 38 heavy (non-hydrogen) atoms. The van der Waals surface area contributed by atoms with Gasteiger partial charge in [-0.05, 0) is 79.6 Å². The number of aliphatic carboxylic acids is 1. The first kappa shape index (κ1) is 27.1. The Morgan fingerprint density at radius 1 is 1.29 bits per heavy atom. The molecule has 196 valence electrons. The number of fused-ring (bicyclic) bond motifs is 1. The van der Waals surface area contributed by atoms with Crippen LogP contribution < -0.4 is 4.74 Å². The van der Waals surface area contributed by atoms with Gasteiger partial charge in [-0.3, -0.25) is 14.7 Å². The van der Waals surface area contributed by atoms with E-state index in [0.717, 1.165) is 29.4 Å². The van der Waals surface area contributed by atoms with E-state index in [1.54, 1.807) is 19.4 Å². The second-order valence-electron chi connectivity index (χ2n) is 9.59. The second kappa shape index (κ2) is 12.5. The predicted octanol–water partition coefficient (Wildman–Crippen LogP) is 4.53. The Kier molecular flexibility index (Phi) is 8.91. The minimum absolute atomic E-state index is 0.0442. The van der Waals surface area contributed by atoms with Gasteiger partial charge >= 0.3 is 5.97 Å². The van der Waals surface area contributed by atoms with Crippen molar-refractivity contribution in [3.05, 3.63) is 71.2 Å². The molecular weight excluding hydrogens is 485 g/mol. The van der Waals surface area contributed by atoms with E-state index in [4.69, 9.17) is 4.74 Å². The fourth-order valence-corrected chi connectivity index (χ4v) is 5.22. The molecule has 1 saturated heterocycles. The van der Waals surface area contributed by atoms with Crippen molar-refractivity contribution in [2.24, 2.45) is 11.8 Å². The third-order valence-corrected chi connectivity index (χ3v) is 7.22. The van der Waals surface area contributed by atoms with Crippen LogP contribution in [0.1, 0.15) is 48.5 Å². The molecule has 4 rings (SSSR count). The van der Waals surface area contributed by atoms with Gasteiger partial charge in [-0.25, -0.2) is 4.39 Å². The smallest absolute Gasteiger partial charge is 0.303 e.